The molecule has 0 spiro atoms. The summed E-state index contributed by atoms with van der Waals surface area (Å²) in [7, 11) is 0. The summed E-state index contributed by atoms with van der Waals surface area (Å²) in [4.78, 5) is 10.9. The molecule has 1 atom stereocenters. The van der Waals surface area contributed by atoms with Crippen LogP contribution in [0.3, 0.4) is 0 Å². The zero-order valence-electron chi connectivity index (χ0n) is 9.78. The van der Waals surface area contributed by atoms with Crippen LogP contribution in [0, 0.1) is 12.3 Å². The van der Waals surface area contributed by atoms with Crippen LogP contribution >= 0.6 is 0 Å². The van der Waals surface area contributed by atoms with Crippen LogP contribution in [0.5, 0.6) is 5.75 Å². The van der Waals surface area contributed by atoms with Crippen LogP contribution in [0.4, 0.5) is 0 Å². The molecule has 0 heterocycles. The maximum atomic E-state index is 10.9. The molecule has 0 bridgehead atoms. The predicted octanol–water partition coefficient (Wildman–Crippen LogP) is 2.99. The number of benzene rings is 1. The summed E-state index contributed by atoms with van der Waals surface area (Å²) in [6.45, 7) is 7.98. The van der Waals surface area contributed by atoms with Gasteiger partial charge in [0, 0.05) is 5.41 Å². The summed E-state index contributed by atoms with van der Waals surface area (Å²) >= 11 is 0. The molecule has 1 unspecified atom stereocenters. The fraction of sp³-hybridized carbons (Fsp3) is 0.462. The fourth-order valence-corrected chi connectivity index (χ4v) is 1.17. The minimum Gasteiger partial charge on any atom is -0.482 e. The van der Waals surface area contributed by atoms with E-state index >= 15 is 0 Å². The number of aldehydes is 1. The molecule has 0 N–H and O–H groups in total. The molecule has 0 saturated heterocycles. The SMILES string of the molecule is Cc1ccc(OC(C=O)C(C)(C)C)cc1. The molecule has 82 valence electrons. The van der Waals surface area contributed by atoms with E-state index < -0.39 is 6.10 Å². The predicted molar refractivity (Wildman–Crippen MR) is 61.1 cm³/mol. The van der Waals surface area contributed by atoms with Crippen molar-refractivity contribution in [2.24, 2.45) is 5.41 Å². The Hall–Kier alpha value is -1.31. The van der Waals surface area contributed by atoms with Gasteiger partial charge in [0.1, 0.15) is 5.75 Å². The first-order valence-corrected chi connectivity index (χ1v) is 5.12. The van der Waals surface area contributed by atoms with Crippen molar-refractivity contribution in [1.82, 2.24) is 0 Å². The highest BCUT2D eigenvalue weighted by molar-refractivity contribution is 5.58. The summed E-state index contributed by atoms with van der Waals surface area (Å²) in [5.41, 5.74) is 1.01. The van der Waals surface area contributed by atoms with E-state index in [9.17, 15) is 4.79 Å². The molecule has 15 heavy (non-hydrogen) atoms. The second-order valence-electron chi connectivity index (χ2n) is 4.85. The van der Waals surface area contributed by atoms with Gasteiger partial charge < -0.3 is 4.74 Å². The van der Waals surface area contributed by atoms with Gasteiger partial charge in [-0.2, -0.15) is 0 Å². The smallest absolute Gasteiger partial charge is 0.161 e. The quantitative estimate of drug-likeness (QED) is 0.711. The Labute approximate surface area is 91.3 Å². The van der Waals surface area contributed by atoms with E-state index in [1.807, 2.05) is 52.0 Å². The summed E-state index contributed by atoms with van der Waals surface area (Å²) in [6.07, 6.45) is 0.458. The molecule has 1 aromatic carbocycles. The standard InChI is InChI=1S/C13H18O2/c1-10-5-7-11(8-6-10)15-12(9-14)13(2,3)4/h5-9,12H,1-4H3. The molecule has 0 fully saturated rings. The molecule has 2 nitrogen and oxygen atoms in total. The van der Waals surface area contributed by atoms with Crippen molar-refractivity contribution < 1.29 is 9.53 Å². The van der Waals surface area contributed by atoms with Crippen molar-refractivity contribution in [2.75, 3.05) is 0 Å². The molecule has 2 heteroatoms. The van der Waals surface area contributed by atoms with Crippen molar-refractivity contribution in [1.29, 1.82) is 0 Å². The second kappa shape index (κ2) is 4.47. The molecular formula is C13H18O2. The first-order chi connectivity index (χ1) is 6.93. The molecule has 0 aliphatic heterocycles. The van der Waals surface area contributed by atoms with Gasteiger partial charge >= 0.3 is 0 Å². The number of aryl methyl sites for hydroxylation is 1. The lowest BCUT2D eigenvalue weighted by Crippen LogP contribution is -2.33. The van der Waals surface area contributed by atoms with Crippen LogP contribution in [0.1, 0.15) is 26.3 Å². The number of ether oxygens (including phenoxy) is 1. The average molecular weight is 206 g/mol. The molecule has 0 aromatic heterocycles. The van der Waals surface area contributed by atoms with Gasteiger partial charge in [-0.1, -0.05) is 38.5 Å². The number of carbonyl (C=O) groups excluding carboxylic acids is 1. The zero-order chi connectivity index (χ0) is 11.5. The molecule has 0 radical (unpaired) electrons. The van der Waals surface area contributed by atoms with Crippen molar-refractivity contribution in [2.45, 2.75) is 33.8 Å². The lowest BCUT2D eigenvalue weighted by atomic mass is 9.90. The van der Waals surface area contributed by atoms with E-state index in [-0.39, 0.29) is 5.41 Å². The Morgan fingerprint density at radius 1 is 1.20 bits per heavy atom. The minimum absolute atomic E-state index is 0.174. The van der Waals surface area contributed by atoms with E-state index in [0.29, 0.717) is 0 Å². The van der Waals surface area contributed by atoms with Crippen LogP contribution in [0.15, 0.2) is 24.3 Å². The van der Waals surface area contributed by atoms with E-state index in [4.69, 9.17) is 4.74 Å². The number of carbonyl (C=O) groups is 1. The molecule has 1 aromatic rings. The fourth-order valence-electron chi connectivity index (χ4n) is 1.17. The number of hydrogen-bond donors (Lipinski definition) is 0. The molecular weight excluding hydrogens is 188 g/mol. The van der Waals surface area contributed by atoms with Crippen LogP contribution in [0.2, 0.25) is 0 Å². The maximum absolute atomic E-state index is 10.9. The van der Waals surface area contributed by atoms with E-state index in [1.165, 1.54) is 5.56 Å². The normalized spacial score (nSPS) is 13.3. The van der Waals surface area contributed by atoms with Gasteiger partial charge in [0.25, 0.3) is 0 Å². The topological polar surface area (TPSA) is 26.3 Å². The molecule has 0 aliphatic rings. The highest BCUT2D eigenvalue weighted by Crippen LogP contribution is 2.23. The largest absolute Gasteiger partial charge is 0.482 e. The average Bonchev–Trinajstić information content (AvgIpc) is 2.15. The third-order valence-corrected chi connectivity index (χ3v) is 2.26. The Balaban J connectivity index is 2.76. The molecule has 0 amide bonds. The monoisotopic (exact) mass is 206 g/mol. The lowest BCUT2D eigenvalue weighted by molar-refractivity contribution is -0.117. The van der Waals surface area contributed by atoms with E-state index in [1.54, 1.807) is 0 Å². The van der Waals surface area contributed by atoms with Gasteiger partial charge in [-0.05, 0) is 19.1 Å². The van der Waals surface area contributed by atoms with Gasteiger partial charge in [0.05, 0.1) is 0 Å². The Bertz CT molecular complexity index is 319. The van der Waals surface area contributed by atoms with Gasteiger partial charge in [-0.25, -0.2) is 0 Å². The Morgan fingerprint density at radius 3 is 2.13 bits per heavy atom. The maximum Gasteiger partial charge on any atom is 0.161 e. The second-order valence-corrected chi connectivity index (χ2v) is 4.85. The van der Waals surface area contributed by atoms with E-state index in [0.717, 1.165) is 12.0 Å². The molecule has 1 rings (SSSR count). The van der Waals surface area contributed by atoms with Crippen LogP contribution < -0.4 is 4.74 Å². The van der Waals surface area contributed by atoms with Gasteiger partial charge in [-0.3, -0.25) is 4.79 Å². The van der Waals surface area contributed by atoms with Gasteiger partial charge in [0.15, 0.2) is 12.4 Å². The van der Waals surface area contributed by atoms with E-state index in [2.05, 4.69) is 0 Å². The Kier molecular flexibility index (Phi) is 3.51. The summed E-state index contributed by atoms with van der Waals surface area (Å²) in [6, 6.07) is 7.72. The molecule has 0 aliphatic carbocycles. The third-order valence-electron chi connectivity index (χ3n) is 2.26. The highest BCUT2D eigenvalue weighted by atomic mass is 16.5. The minimum atomic E-state index is -0.403. The van der Waals surface area contributed by atoms with Gasteiger partial charge in [0.2, 0.25) is 0 Å². The molecule has 0 saturated carbocycles. The van der Waals surface area contributed by atoms with Crippen molar-refractivity contribution >= 4 is 6.29 Å². The Morgan fingerprint density at radius 2 is 1.73 bits per heavy atom. The number of rotatable bonds is 3. The lowest BCUT2D eigenvalue weighted by Gasteiger charge is -2.26. The van der Waals surface area contributed by atoms with Crippen LogP contribution in [0.25, 0.3) is 0 Å². The van der Waals surface area contributed by atoms with Crippen LogP contribution in [-0.2, 0) is 4.79 Å². The van der Waals surface area contributed by atoms with Crippen molar-refractivity contribution in [3.63, 3.8) is 0 Å². The van der Waals surface area contributed by atoms with Gasteiger partial charge in [-0.15, -0.1) is 0 Å². The van der Waals surface area contributed by atoms with Crippen LogP contribution in [-0.4, -0.2) is 12.4 Å². The first kappa shape index (κ1) is 11.8. The zero-order valence-corrected chi connectivity index (χ0v) is 9.78. The summed E-state index contributed by atoms with van der Waals surface area (Å²) in [5.74, 6) is 0.743. The third kappa shape index (κ3) is 3.39. The van der Waals surface area contributed by atoms with Crippen molar-refractivity contribution in [3.05, 3.63) is 29.8 Å². The summed E-state index contributed by atoms with van der Waals surface area (Å²) < 4.78 is 5.62. The summed E-state index contributed by atoms with van der Waals surface area (Å²) in [5, 5.41) is 0. The van der Waals surface area contributed by atoms with Crippen molar-refractivity contribution in [3.8, 4) is 5.75 Å². The highest BCUT2D eigenvalue weighted by Gasteiger charge is 2.25. The number of hydrogen-bond acceptors (Lipinski definition) is 2. The first-order valence-electron chi connectivity index (χ1n) is 5.12.